The van der Waals surface area contributed by atoms with Gasteiger partial charge in [0.05, 0.1) is 16.9 Å². The van der Waals surface area contributed by atoms with Gasteiger partial charge in [-0.3, -0.25) is 14.9 Å². The number of hydrazone groups is 1. The molecule has 3 rings (SSSR count). The monoisotopic (exact) mass is 456 g/mol. The fourth-order valence-electron chi connectivity index (χ4n) is 3.09. The van der Waals surface area contributed by atoms with Crippen molar-refractivity contribution >= 4 is 41.2 Å². The molecule has 1 heterocycles. The van der Waals surface area contributed by atoms with Crippen LogP contribution in [0.2, 0.25) is 5.02 Å². The van der Waals surface area contributed by atoms with Crippen molar-refractivity contribution in [2.24, 2.45) is 5.10 Å². The van der Waals surface area contributed by atoms with Crippen molar-refractivity contribution < 1.29 is 9.72 Å². The Bertz CT molecular complexity index is 1110. The molecular formula is C22H21ClN4O3S. The first kappa shape index (κ1) is 22.6. The maximum absolute atomic E-state index is 12.0. The number of halogens is 1. The van der Waals surface area contributed by atoms with Crippen molar-refractivity contribution in [2.75, 3.05) is 5.75 Å². The Labute approximate surface area is 189 Å². The van der Waals surface area contributed by atoms with E-state index >= 15 is 0 Å². The second-order valence-corrected chi connectivity index (χ2v) is 8.27. The molecule has 2 aromatic carbocycles. The van der Waals surface area contributed by atoms with Gasteiger partial charge in [0.15, 0.2) is 0 Å². The molecule has 0 aliphatic rings. The Morgan fingerprint density at radius 1 is 1.19 bits per heavy atom. The van der Waals surface area contributed by atoms with Crippen LogP contribution in [0.1, 0.15) is 22.5 Å². The van der Waals surface area contributed by atoms with Gasteiger partial charge in [0.25, 0.3) is 5.69 Å². The van der Waals surface area contributed by atoms with Crippen LogP contribution in [0.5, 0.6) is 0 Å². The van der Waals surface area contributed by atoms with Crippen molar-refractivity contribution in [1.82, 2.24) is 9.99 Å². The van der Waals surface area contributed by atoms with Gasteiger partial charge < -0.3 is 4.57 Å². The summed E-state index contributed by atoms with van der Waals surface area (Å²) in [4.78, 5) is 22.3. The highest BCUT2D eigenvalue weighted by atomic mass is 35.5. The van der Waals surface area contributed by atoms with E-state index in [1.54, 1.807) is 18.3 Å². The lowest BCUT2D eigenvalue weighted by molar-refractivity contribution is -0.384. The summed E-state index contributed by atoms with van der Waals surface area (Å²) >= 11 is 7.39. The highest BCUT2D eigenvalue weighted by Crippen LogP contribution is 2.21. The third-order valence-corrected chi connectivity index (χ3v) is 5.85. The van der Waals surface area contributed by atoms with E-state index in [0.29, 0.717) is 10.8 Å². The van der Waals surface area contributed by atoms with Crippen LogP contribution in [0.15, 0.2) is 59.7 Å². The Morgan fingerprint density at radius 3 is 2.52 bits per heavy atom. The molecule has 0 bridgehead atoms. The Kier molecular flexibility index (Phi) is 7.49. The average molecular weight is 457 g/mol. The molecule has 9 heteroatoms. The summed E-state index contributed by atoms with van der Waals surface area (Å²) in [6, 6.07) is 15.9. The van der Waals surface area contributed by atoms with Gasteiger partial charge in [0.2, 0.25) is 5.91 Å². The number of aromatic nitrogens is 1. The average Bonchev–Trinajstić information content (AvgIpc) is 3.02. The molecule has 0 atom stereocenters. The van der Waals surface area contributed by atoms with E-state index in [2.05, 4.69) is 15.1 Å². The minimum Gasteiger partial charge on any atom is -0.318 e. The van der Waals surface area contributed by atoms with E-state index in [1.165, 1.54) is 23.9 Å². The number of carbonyl (C=O) groups excluding carboxylic acids is 1. The summed E-state index contributed by atoms with van der Waals surface area (Å²) in [6.07, 6.45) is 1.63. The maximum Gasteiger partial charge on any atom is 0.269 e. The second-order valence-electron chi connectivity index (χ2n) is 6.85. The smallest absolute Gasteiger partial charge is 0.269 e. The lowest BCUT2D eigenvalue weighted by Crippen LogP contribution is -2.19. The molecule has 0 radical (unpaired) electrons. The van der Waals surface area contributed by atoms with E-state index < -0.39 is 4.92 Å². The number of rotatable bonds is 8. The molecule has 7 nitrogen and oxygen atoms in total. The van der Waals surface area contributed by atoms with Crippen LogP contribution in [0.4, 0.5) is 5.69 Å². The van der Waals surface area contributed by atoms with Crippen LogP contribution in [-0.2, 0) is 10.5 Å². The van der Waals surface area contributed by atoms with Gasteiger partial charge in [0, 0.05) is 45.5 Å². The number of aryl methyl sites for hydroxylation is 1. The molecule has 0 aliphatic heterocycles. The van der Waals surface area contributed by atoms with E-state index in [0.717, 1.165) is 28.2 Å². The van der Waals surface area contributed by atoms with Crippen LogP contribution in [0.25, 0.3) is 5.69 Å². The Hall–Kier alpha value is -3.10. The van der Waals surface area contributed by atoms with E-state index in [9.17, 15) is 14.9 Å². The zero-order chi connectivity index (χ0) is 22.4. The molecule has 3 aromatic rings. The van der Waals surface area contributed by atoms with E-state index in [4.69, 9.17) is 11.6 Å². The van der Waals surface area contributed by atoms with Crippen LogP contribution >= 0.6 is 23.4 Å². The minimum atomic E-state index is -0.435. The number of thioether (sulfide) groups is 1. The van der Waals surface area contributed by atoms with Gasteiger partial charge in [-0.05, 0) is 49.7 Å². The molecule has 0 saturated heterocycles. The standard InChI is InChI=1S/C22H21ClN4O3S/c1-15-11-18(16(2)26(15)20-9-5-19(23)6-10-20)12-24-25-22(28)14-31-13-17-3-7-21(8-4-17)27(29)30/h3-12H,13-14H2,1-2H3,(H,25,28)/b24-12+. The number of carbonyl (C=O) groups is 1. The highest BCUT2D eigenvalue weighted by molar-refractivity contribution is 7.99. The summed E-state index contributed by atoms with van der Waals surface area (Å²) in [5.41, 5.74) is 7.47. The molecule has 0 fully saturated rings. The third-order valence-electron chi connectivity index (χ3n) is 4.60. The molecule has 1 amide bonds. The number of hydrogen-bond donors (Lipinski definition) is 1. The summed E-state index contributed by atoms with van der Waals surface area (Å²) < 4.78 is 2.10. The first-order valence-electron chi connectivity index (χ1n) is 9.43. The number of nitro benzene ring substituents is 1. The fourth-order valence-corrected chi connectivity index (χ4v) is 3.99. The van der Waals surface area contributed by atoms with Gasteiger partial charge in [-0.2, -0.15) is 5.10 Å². The number of nitrogens with one attached hydrogen (secondary N) is 1. The van der Waals surface area contributed by atoms with Crippen LogP contribution < -0.4 is 5.43 Å². The third kappa shape index (κ3) is 5.96. The summed E-state index contributed by atoms with van der Waals surface area (Å²) in [7, 11) is 0. The van der Waals surface area contributed by atoms with Crippen molar-refractivity contribution in [3.05, 3.63) is 92.2 Å². The van der Waals surface area contributed by atoms with Gasteiger partial charge in [-0.1, -0.05) is 23.7 Å². The molecule has 1 N–H and O–H groups in total. The van der Waals surface area contributed by atoms with Crippen molar-refractivity contribution in [3.63, 3.8) is 0 Å². The molecule has 31 heavy (non-hydrogen) atoms. The van der Waals surface area contributed by atoms with Crippen molar-refractivity contribution in [1.29, 1.82) is 0 Å². The highest BCUT2D eigenvalue weighted by Gasteiger charge is 2.10. The number of hydrogen-bond acceptors (Lipinski definition) is 5. The minimum absolute atomic E-state index is 0.0521. The molecular weight excluding hydrogens is 436 g/mol. The number of nitrogens with zero attached hydrogens (tertiary/aromatic N) is 3. The molecule has 1 aromatic heterocycles. The van der Waals surface area contributed by atoms with Crippen molar-refractivity contribution in [3.8, 4) is 5.69 Å². The van der Waals surface area contributed by atoms with Crippen LogP contribution in [0.3, 0.4) is 0 Å². The number of benzene rings is 2. The van der Waals surface area contributed by atoms with Crippen molar-refractivity contribution in [2.45, 2.75) is 19.6 Å². The number of non-ortho nitro benzene ring substituents is 1. The normalized spacial score (nSPS) is 11.1. The maximum atomic E-state index is 12.0. The zero-order valence-corrected chi connectivity index (χ0v) is 18.6. The molecule has 0 saturated carbocycles. The SMILES string of the molecule is Cc1cc(/C=N/NC(=O)CSCc2ccc([N+](=O)[O-])cc2)c(C)n1-c1ccc(Cl)cc1. The topological polar surface area (TPSA) is 89.5 Å². The lowest BCUT2D eigenvalue weighted by Gasteiger charge is -2.09. The summed E-state index contributed by atoms with van der Waals surface area (Å²) in [5.74, 6) is 0.602. The first-order chi connectivity index (χ1) is 14.8. The Balaban J connectivity index is 1.52. The largest absolute Gasteiger partial charge is 0.318 e. The summed E-state index contributed by atoms with van der Waals surface area (Å²) in [5, 5.41) is 15.4. The zero-order valence-electron chi connectivity index (χ0n) is 17.0. The number of nitro groups is 1. The predicted molar refractivity (Wildman–Crippen MR) is 125 cm³/mol. The molecule has 0 spiro atoms. The summed E-state index contributed by atoms with van der Waals surface area (Å²) in [6.45, 7) is 4.00. The second kappa shape index (κ2) is 10.3. The number of amides is 1. The van der Waals surface area contributed by atoms with Gasteiger partial charge in [-0.25, -0.2) is 5.43 Å². The predicted octanol–water partition coefficient (Wildman–Crippen LogP) is 5.04. The van der Waals surface area contributed by atoms with E-state index in [-0.39, 0.29) is 17.3 Å². The fraction of sp³-hybridized carbons (Fsp3) is 0.182. The van der Waals surface area contributed by atoms with Crippen LogP contribution in [0, 0.1) is 24.0 Å². The first-order valence-corrected chi connectivity index (χ1v) is 11.0. The van der Waals surface area contributed by atoms with Crippen LogP contribution in [-0.4, -0.2) is 27.4 Å². The van der Waals surface area contributed by atoms with Gasteiger partial charge >= 0.3 is 0 Å². The molecule has 0 aliphatic carbocycles. The molecule has 0 unspecified atom stereocenters. The quantitative estimate of drug-likeness (QED) is 0.292. The van der Waals surface area contributed by atoms with Gasteiger partial charge in [-0.15, -0.1) is 11.8 Å². The molecule has 160 valence electrons. The van der Waals surface area contributed by atoms with Gasteiger partial charge in [0.1, 0.15) is 0 Å². The Morgan fingerprint density at radius 2 is 1.87 bits per heavy atom. The lowest BCUT2D eigenvalue weighted by atomic mass is 10.2. The van der Waals surface area contributed by atoms with E-state index in [1.807, 2.05) is 44.2 Å².